The molecule has 0 N–H and O–H groups in total. The van der Waals surface area contributed by atoms with E-state index >= 15 is 0 Å². The van der Waals surface area contributed by atoms with Crippen molar-refractivity contribution in [1.82, 2.24) is 0 Å². The van der Waals surface area contributed by atoms with Crippen molar-refractivity contribution < 1.29 is 14.2 Å². The molecule has 0 unspecified atom stereocenters. The fourth-order valence-corrected chi connectivity index (χ4v) is 3.60. The number of unbranched alkanes of at least 4 members (excludes halogenated alkanes) is 8. The van der Waals surface area contributed by atoms with Gasteiger partial charge in [-0.1, -0.05) is 67.8 Å². The number of ether oxygens (including phenoxy) is 3. The first-order valence-electron chi connectivity index (χ1n) is 10.8. The molecule has 3 nitrogen and oxygen atoms in total. The summed E-state index contributed by atoms with van der Waals surface area (Å²) in [5, 5.41) is 0. The molecule has 0 aromatic heterocycles. The van der Waals surface area contributed by atoms with Crippen LogP contribution in [0.2, 0.25) is 0 Å². The van der Waals surface area contributed by atoms with Gasteiger partial charge in [-0.3, -0.25) is 0 Å². The van der Waals surface area contributed by atoms with Crippen molar-refractivity contribution in [3.05, 3.63) is 28.7 Å². The van der Waals surface area contributed by atoms with Crippen LogP contribution < -0.4 is 4.74 Å². The summed E-state index contributed by atoms with van der Waals surface area (Å²) in [7, 11) is 0. The lowest BCUT2D eigenvalue weighted by Crippen LogP contribution is -2.45. The average molecular weight is 441 g/mol. The SMILES string of the molecule is CCC1(COCCCCCCCCCCCOc2ccc(Br)cc2)COC1. The Hall–Kier alpha value is -0.580. The van der Waals surface area contributed by atoms with E-state index in [0.717, 1.165) is 49.7 Å². The van der Waals surface area contributed by atoms with E-state index in [1.807, 2.05) is 24.3 Å². The number of hydrogen-bond acceptors (Lipinski definition) is 3. The van der Waals surface area contributed by atoms with Gasteiger partial charge in [0.1, 0.15) is 5.75 Å². The topological polar surface area (TPSA) is 27.7 Å². The molecule has 0 bridgehead atoms. The lowest BCUT2D eigenvalue weighted by atomic mass is 9.84. The molecule has 0 amide bonds. The van der Waals surface area contributed by atoms with Gasteiger partial charge < -0.3 is 14.2 Å². The summed E-state index contributed by atoms with van der Waals surface area (Å²) >= 11 is 3.44. The van der Waals surface area contributed by atoms with Gasteiger partial charge in [0.2, 0.25) is 0 Å². The van der Waals surface area contributed by atoms with E-state index in [9.17, 15) is 0 Å². The van der Waals surface area contributed by atoms with Crippen LogP contribution in [-0.4, -0.2) is 33.0 Å². The summed E-state index contributed by atoms with van der Waals surface area (Å²) in [4.78, 5) is 0. The van der Waals surface area contributed by atoms with Gasteiger partial charge in [0.15, 0.2) is 0 Å². The number of rotatable bonds is 16. The first kappa shape index (κ1) is 22.7. The summed E-state index contributed by atoms with van der Waals surface area (Å²) in [6.45, 7) is 6.64. The highest BCUT2D eigenvalue weighted by atomic mass is 79.9. The molecule has 27 heavy (non-hydrogen) atoms. The maximum Gasteiger partial charge on any atom is 0.119 e. The molecule has 1 aromatic carbocycles. The quantitative estimate of drug-likeness (QED) is 0.265. The highest BCUT2D eigenvalue weighted by Crippen LogP contribution is 2.31. The van der Waals surface area contributed by atoms with E-state index < -0.39 is 0 Å². The minimum atomic E-state index is 0.337. The molecule has 0 saturated carbocycles. The Balaban J connectivity index is 1.28. The van der Waals surface area contributed by atoms with Crippen molar-refractivity contribution in [2.75, 3.05) is 33.0 Å². The molecule has 1 heterocycles. The lowest BCUT2D eigenvalue weighted by Gasteiger charge is -2.40. The van der Waals surface area contributed by atoms with Crippen LogP contribution in [0.1, 0.15) is 71.1 Å². The van der Waals surface area contributed by atoms with Crippen molar-refractivity contribution in [1.29, 1.82) is 0 Å². The largest absolute Gasteiger partial charge is 0.494 e. The monoisotopic (exact) mass is 440 g/mol. The zero-order valence-corrected chi connectivity index (χ0v) is 18.6. The molecule has 1 saturated heterocycles. The van der Waals surface area contributed by atoms with Crippen molar-refractivity contribution in [2.45, 2.75) is 71.1 Å². The molecule has 0 radical (unpaired) electrons. The normalized spacial score (nSPS) is 15.5. The van der Waals surface area contributed by atoms with Crippen LogP contribution in [-0.2, 0) is 9.47 Å². The van der Waals surface area contributed by atoms with E-state index in [4.69, 9.17) is 14.2 Å². The zero-order chi connectivity index (χ0) is 19.2. The van der Waals surface area contributed by atoms with Gasteiger partial charge in [-0.2, -0.15) is 0 Å². The van der Waals surface area contributed by atoms with E-state index in [1.165, 1.54) is 57.8 Å². The summed E-state index contributed by atoms with van der Waals surface area (Å²) in [5.41, 5.74) is 0.337. The van der Waals surface area contributed by atoms with Gasteiger partial charge in [0.25, 0.3) is 0 Å². The Morgan fingerprint density at radius 1 is 0.852 bits per heavy atom. The Labute approximate surface area is 174 Å². The second-order valence-electron chi connectivity index (χ2n) is 7.88. The fraction of sp³-hybridized carbons (Fsp3) is 0.739. The zero-order valence-electron chi connectivity index (χ0n) is 17.0. The molecule has 0 spiro atoms. The van der Waals surface area contributed by atoms with Gasteiger partial charge in [-0.25, -0.2) is 0 Å². The van der Waals surface area contributed by atoms with Crippen LogP contribution in [0.4, 0.5) is 0 Å². The Morgan fingerprint density at radius 2 is 1.41 bits per heavy atom. The van der Waals surface area contributed by atoms with Crippen molar-refractivity contribution in [2.24, 2.45) is 5.41 Å². The van der Waals surface area contributed by atoms with Crippen molar-refractivity contribution >= 4 is 15.9 Å². The van der Waals surface area contributed by atoms with E-state index in [1.54, 1.807) is 0 Å². The molecule has 1 aliphatic rings. The third kappa shape index (κ3) is 9.45. The van der Waals surface area contributed by atoms with Crippen molar-refractivity contribution in [3.8, 4) is 5.75 Å². The van der Waals surface area contributed by atoms with E-state index in [0.29, 0.717) is 5.41 Å². The molecule has 0 atom stereocenters. The molecular formula is C23H37BrO3. The van der Waals surface area contributed by atoms with Gasteiger partial charge in [-0.05, 0) is 43.5 Å². The van der Waals surface area contributed by atoms with E-state index in [2.05, 4.69) is 22.9 Å². The molecule has 1 fully saturated rings. The molecule has 1 aliphatic heterocycles. The third-order valence-electron chi connectivity index (χ3n) is 5.49. The highest BCUT2D eigenvalue weighted by molar-refractivity contribution is 9.10. The van der Waals surface area contributed by atoms with Crippen LogP contribution >= 0.6 is 15.9 Å². The summed E-state index contributed by atoms with van der Waals surface area (Å²) < 4.78 is 18.0. The van der Waals surface area contributed by atoms with Crippen molar-refractivity contribution in [3.63, 3.8) is 0 Å². The maximum absolute atomic E-state index is 5.86. The molecule has 154 valence electrons. The van der Waals surface area contributed by atoms with Gasteiger partial charge >= 0.3 is 0 Å². The van der Waals surface area contributed by atoms with Crippen LogP contribution in [0.15, 0.2) is 28.7 Å². The van der Waals surface area contributed by atoms with Gasteiger partial charge in [0.05, 0.1) is 26.4 Å². The van der Waals surface area contributed by atoms with Crippen LogP contribution in [0.25, 0.3) is 0 Å². The first-order valence-corrected chi connectivity index (χ1v) is 11.6. The minimum Gasteiger partial charge on any atom is -0.494 e. The smallest absolute Gasteiger partial charge is 0.119 e. The second-order valence-corrected chi connectivity index (χ2v) is 8.80. The summed E-state index contributed by atoms with van der Waals surface area (Å²) in [5.74, 6) is 0.966. The van der Waals surface area contributed by atoms with Crippen LogP contribution in [0, 0.1) is 5.41 Å². The van der Waals surface area contributed by atoms with Crippen LogP contribution in [0.3, 0.4) is 0 Å². The predicted molar refractivity (Wildman–Crippen MR) is 116 cm³/mol. The Kier molecular flexibility index (Phi) is 11.4. The Bertz CT molecular complexity index is 479. The number of hydrogen-bond donors (Lipinski definition) is 0. The van der Waals surface area contributed by atoms with Gasteiger partial charge in [-0.15, -0.1) is 0 Å². The second kappa shape index (κ2) is 13.6. The fourth-order valence-electron chi connectivity index (χ4n) is 3.33. The highest BCUT2D eigenvalue weighted by Gasteiger charge is 2.36. The maximum atomic E-state index is 5.86. The van der Waals surface area contributed by atoms with Gasteiger partial charge in [0, 0.05) is 16.5 Å². The first-order chi connectivity index (χ1) is 13.2. The minimum absolute atomic E-state index is 0.337. The van der Waals surface area contributed by atoms with E-state index in [-0.39, 0.29) is 0 Å². The standard InChI is InChI=1S/C23H37BrO3/c1-2-23(19-26-20-23)18-25-16-10-8-6-4-3-5-7-9-11-17-27-22-14-12-21(24)13-15-22/h12-15H,2-11,16-20H2,1H3. The molecular weight excluding hydrogens is 404 g/mol. The summed E-state index contributed by atoms with van der Waals surface area (Å²) in [6, 6.07) is 8.07. The average Bonchev–Trinajstić information content (AvgIpc) is 2.65. The van der Waals surface area contributed by atoms with Crippen LogP contribution in [0.5, 0.6) is 5.75 Å². The number of halogens is 1. The summed E-state index contributed by atoms with van der Waals surface area (Å²) in [6.07, 6.45) is 12.9. The predicted octanol–water partition coefficient (Wildman–Crippen LogP) is 6.78. The third-order valence-corrected chi connectivity index (χ3v) is 6.02. The molecule has 0 aliphatic carbocycles. The molecule has 4 heteroatoms. The molecule has 1 aromatic rings. The lowest BCUT2D eigenvalue weighted by molar-refractivity contribution is -0.150. The number of benzene rings is 1. The Morgan fingerprint density at radius 3 is 1.93 bits per heavy atom. The molecule has 2 rings (SSSR count).